The van der Waals surface area contributed by atoms with E-state index in [1.54, 1.807) is 99.0 Å². The number of rotatable bonds is 20. The first-order chi connectivity index (χ1) is 39.5. The van der Waals surface area contributed by atoms with Crippen LogP contribution in [0.2, 0.25) is 0 Å². The summed E-state index contributed by atoms with van der Waals surface area (Å²) in [5.74, 6) is 2.34. The number of anilines is 1. The average Bonchev–Trinajstić information content (AvgIpc) is 4.03. The number of aliphatic hydroxyl groups is 1. The topological polar surface area (TPSA) is 247 Å². The third kappa shape index (κ3) is 16.7. The SMILES string of the molecule is COC(=O)N[C@H](C(=O)N[C@H](C(=O)N[C@@H](Cc1ccc(C#Cc2cnc(N3CC4CCC(C3)N4C3COC3)nc2)cc1)[C@@H](O)CN(Cc1c(F)cc(-c2ccn(CC(F)F)n2)cc1F)NC(=O)[C@@H](NC(=O)OC)C(C)(C)C)C(C)(C)C)C(C)(C)C. The number of nitrogens with one attached hydrogen (secondary N) is 5. The molecule has 5 amide bonds. The van der Waals surface area contributed by atoms with Gasteiger partial charge in [0.1, 0.15) is 36.3 Å². The molecule has 7 rings (SSSR count). The number of amides is 5. The lowest BCUT2D eigenvalue weighted by atomic mass is 9.83. The number of halogens is 4. The van der Waals surface area contributed by atoms with Crippen LogP contribution >= 0.6 is 0 Å². The van der Waals surface area contributed by atoms with Crippen molar-refractivity contribution in [3.63, 3.8) is 0 Å². The third-order valence-corrected chi connectivity index (χ3v) is 15.0. The second-order valence-electron chi connectivity index (χ2n) is 24.8. The predicted molar refractivity (Wildman–Crippen MR) is 303 cm³/mol. The monoisotopic (exact) mass is 1170 g/mol. The maximum atomic E-state index is 16.3. The zero-order valence-corrected chi connectivity index (χ0v) is 49.4. The maximum Gasteiger partial charge on any atom is 0.407 e. The highest BCUT2D eigenvalue weighted by atomic mass is 19.3. The van der Waals surface area contributed by atoms with E-state index in [0.717, 1.165) is 75.2 Å². The number of benzene rings is 2. The van der Waals surface area contributed by atoms with Gasteiger partial charge in [-0.3, -0.25) is 29.4 Å². The third-order valence-electron chi connectivity index (χ3n) is 15.0. The van der Waals surface area contributed by atoms with Crippen molar-refractivity contribution in [1.29, 1.82) is 0 Å². The van der Waals surface area contributed by atoms with E-state index in [0.29, 0.717) is 40.8 Å². The molecular formula is C59H78F4N12O9. The number of piperazine rings is 1. The summed E-state index contributed by atoms with van der Waals surface area (Å²) >= 11 is 0. The Labute approximate surface area is 487 Å². The molecule has 7 atom stereocenters. The fourth-order valence-corrected chi connectivity index (χ4v) is 10.5. The molecule has 3 fully saturated rings. The normalized spacial score (nSPS) is 18.3. The number of hydrazine groups is 1. The van der Waals surface area contributed by atoms with Gasteiger partial charge in [-0.1, -0.05) is 86.3 Å². The second kappa shape index (κ2) is 27.1. The molecule has 3 saturated heterocycles. The Kier molecular flexibility index (Phi) is 20.7. The van der Waals surface area contributed by atoms with Gasteiger partial charge < -0.3 is 45.5 Å². The number of fused-ring (bicyclic) bond motifs is 2. The highest BCUT2D eigenvalue weighted by molar-refractivity contribution is 5.92. The van der Waals surface area contributed by atoms with E-state index in [2.05, 4.69) is 63.4 Å². The van der Waals surface area contributed by atoms with Crippen molar-refractivity contribution in [3.05, 3.63) is 94.9 Å². The van der Waals surface area contributed by atoms with E-state index in [1.807, 2.05) is 0 Å². The Bertz CT molecular complexity index is 2990. The highest BCUT2D eigenvalue weighted by Crippen LogP contribution is 2.35. The van der Waals surface area contributed by atoms with Crippen molar-refractivity contribution >= 4 is 35.9 Å². The maximum absolute atomic E-state index is 16.3. The molecule has 25 heteroatoms. The van der Waals surface area contributed by atoms with Crippen molar-refractivity contribution in [3.8, 4) is 23.1 Å². The molecule has 0 spiro atoms. The molecule has 6 N–H and O–H groups in total. The number of alkyl carbamates (subject to hydrolysis) is 2. The van der Waals surface area contributed by atoms with E-state index < -0.39 is 120 Å². The van der Waals surface area contributed by atoms with Gasteiger partial charge in [0.05, 0.1) is 56.9 Å². The first-order valence-electron chi connectivity index (χ1n) is 27.9. The summed E-state index contributed by atoms with van der Waals surface area (Å²) in [4.78, 5) is 82.2. The Morgan fingerprint density at radius 2 is 1.26 bits per heavy atom. The highest BCUT2D eigenvalue weighted by Gasteiger charge is 2.46. The first-order valence-corrected chi connectivity index (χ1v) is 27.9. The van der Waals surface area contributed by atoms with Crippen molar-refractivity contribution in [2.75, 3.05) is 52.0 Å². The van der Waals surface area contributed by atoms with Gasteiger partial charge >= 0.3 is 12.2 Å². The smallest absolute Gasteiger partial charge is 0.407 e. The van der Waals surface area contributed by atoms with Crippen molar-refractivity contribution in [2.45, 2.75) is 149 Å². The number of carbonyl (C=O) groups excluding carboxylic acids is 5. The molecule has 0 radical (unpaired) electrons. The van der Waals surface area contributed by atoms with Crippen LogP contribution in [-0.4, -0.2) is 167 Å². The van der Waals surface area contributed by atoms with Crippen molar-refractivity contribution in [1.82, 2.24) is 56.4 Å². The number of alkyl halides is 2. The standard InChI is InChI=1S/C59H78F4N12O9/c1-57(2,3)48(67-52(78)49(58(4,5)6)68-55(80)82-10)51(77)66-45(22-35-15-12-34(13-16-35)14-17-36-25-64-54(65-26-36)72-27-38-18-19-39(28-72)75(38)40-32-84-33-40)46(76)30-74(71-53(79)50(59(7,8)9)69-56(81)83-11)29-41-42(60)23-37(24-43(41)61)44-20-21-73(70-44)31-47(62)63/h12-13,15-16,20-21,23-26,38-40,45-50,76H,18-19,22,27-33H2,1-11H3,(H,66,77)(H,67,78)(H,68,80)(H,69,81)(H,71,79)/t38?,39?,45-,46-,48+,49+,50+/m0/s1. The van der Waals surface area contributed by atoms with Gasteiger partial charge in [0.2, 0.25) is 17.8 Å². The molecule has 2 unspecified atom stereocenters. The number of nitrogens with zero attached hydrogens (tertiary/aromatic N) is 7. The van der Waals surface area contributed by atoms with Gasteiger partial charge in [-0.2, -0.15) is 5.10 Å². The number of carbonyl (C=O) groups is 5. The van der Waals surface area contributed by atoms with Crippen LogP contribution in [0.5, 0.6) is 0 Å². The molecule has 3 aliphatic rings. The van der Waals surface area contributed by atoms with E-state index in [4.69, 9.17) is 14.2 Å². The summed E-state index contributed by atoms with van der Waals surface area (Å²) in [7, 11) is 2.25. The number of methoxy groups -OCH3 is 2. The quantitative estimate of drug-likeness (QED) is 0.0372. The van der Waals surface area contributed by atoms with E-state index in [9.17, 15) is 37.9 Å². The fourth-order valence-electron chi connectivity index (χ4n) is 10.5. The predicted octanol–water partition coefficient (Wildman–Crippen LogP) is 5.33. The summed E-state index contributed by atoms with van der Waals surface area (Å²) in [5.41, 5.74) is 0.911. The Morgan fingerprint density at radius 3 is 1.77 bits per heavy atom. The van der Waals surface area contributed by atoms with E-state index in [-0.39, 0.29) is 17.7 Å². The van der Waals surface area contributed by atoms with Gasteiger partial charge in [-0.25, -0.2) is 42.1 Å². The summed E-state index contributed by atoms with van der Waals surface area (Å²) in [6.07, 6.45) is 0.555. The molecule has 456 valence electrons. The van der Waals surface area contributed by atoms with E-state index in [1.165, 1.54) is 12.3 Å². The lowest BCUT2D eigenvalue weighted by molar-refractivity contribution is -0.135. The molecule has 2 aromatic heterocycles. The first kappa shape index (κ1) is 64.2. The minimum atomic E-state index is -2.74. The molecule has 84 heavy (non-hydrogen) atoms. The van der Waals surface area contributed by atoms with Crippen molar-refractivity contribution < 1.29 is 60.9 Å². The van der Waals surface area contributed by atoms with Crippen molar-refractivity contribution in [2.24, 2.45) is 16.2 Å². The van der Waals surface area contributed by atoms with Crippen LogP contribution in [0.1, 0.15) is 97.4 Å². The summed E-state index contributed by atoms with van der Waals surface area (Å²) in [6, 6.07) is 6.49. The minimum absolute atomic E-state index is 0.00542. The molecule has 4 aromatic rings. The van der Waals surface area contributed by atoms with Gasteiger partial charge in [-0.15, -0.1) is 0 Å². The van der Waals surface area contributed by atoms with Crippen LogP contribution < -0.4 is 31.6 Å². The van der Waals surface area contributed by atoms with Gasteiger partial charge in [0.25, 0.3) is 12.3 Å². The minimum Gasteiger partial charge on any atom is -0.453 e. The lowest BCUT2D eigenvalue weighted by Crippen LogP contribution is -2.63. The lowest BCUT2D eigenvalue weighted by Gasteiger charge is -2.47. The van der Waals surface area contributed by atoms with Crippen LogP contribution in [0.25, 0.3) is 11.3 Å². The largest absolute Gasteiger partial charge is 0.453 e. The number of ether oxygens (including phenoxy) is 3. The molecule has 5 heterocycles. The van der Waals surface area contributed by atoms with Gasteiger partial charge in [-0.05, 0) is 71.4 Å². The summed E-state index contributed by atoms with van der Waals surface area (Å²) < 4.78 is 74.8. The fraction of sp³-hybridized carbons (Fsp3) is 0.559. The van der Waals surface area contributed by atoms with Crippen LogP contribution in [0.4, 0.5) is 33.1 Å². The summed E-state index contributed by atoms with van der Waals surface area (Å²) in [5, 5.41) is 28.2. The Morgan fingerprint density at radius 1 is 0.738 bits per heavy atom. The molecule has 0 aliphatic carbocycles. The molecule has 3 aliphatic heterocycles. The Hall–Kier alpha value is -7.40. The molecule has 2 bridgehead atoms. The molecule has 21 nitrogen and oxygen atoms in total. The van der Waals surface area contributed by atoms with Crippen LogP contribution in [0.3, 0.4) is 0 Å². The molecular weight excluding hydrogens is 1100 g/mol. The Balaban J connectivity index is 1.17. The number of hydrogen-bond acceptors (Lipinski definition) is 15. The zero-order chi connectivity index (χ0) is 61.4. The molecule has 0 saturated carbocycles. The van der Waals surface area contributed by atoms with Gasteiger partial charge in [0, 0.05) is 73.5 Å². The number of hydrogen-bond donors (Lipinski definition) is 6. The summed E-state index contributed by atoms with van der Waals surface area (Å²) in [6.45, 7) is 16.3. The number of aliphatic hydroxyl groups excluding tert-OH is 1. The van der Waals surface area contributed by atoms with Crippen LogP contribution in [-0.2, 0) is 48.1 Å². The molecule has 2 aromatic carbocycles. The van der Waals surface area contributed by atoms with Crippen LogP contribution in [0, 0.1) is 39.7 Å². The van der Waals surface area contributed by atoms with E-state index >= 15 is 8.78 Å². The second-order valence-corrected chi connectivity index (χ2v) is 24.8. The average molecular weight is 1180 g/mol. The zero-order valence-electron chi connectivity index (χ0n) is 49.4. The van der Waals surface area contributed by atoms with Gasteiger partial charge in [0.15, 0.2) is 0 Å². The number of aromatic nitrogens is 4. The van der Waals surface area contributed by atoms with Crippen LogP contribution in [0.15, 0.2) is 61.1 Å².